The number of rotatable bonds is 2. The summed E-state index contributed by atoms with van der Waals surface area (Å²) in [6.07, 6.45) is 0. The van der Waals surface area contributed by atoms with E-state index in [4.69, 9.17) is 4.74 Å². The van der Waals surface area contributed by atoms with E-state index in [2.05, 4.69) is 15.9 Å². The Hall–Kier alpha value is -1.17. The lowest BCUT2D eigenvalue weighted by molar-refractivity contribution is -0.387. The topological polar surface area (TPSA) is 52.4 Å². The Kier molecular flexibility index (Phi) is 3.05. The number of nitrogens with zero attached hydrogens (tertiary/aromatic N) is 1. The van der Waals surface area contributed by atoms with Crippen LogP contribution in [0, 0.1) is 22.9 Å². The van der Waals surface area contributed by atoms with Gasteiger partial charge in [-0.05, 0) is 22.9 Å². The third-order valence-electron chi connectivity index (χ3n) is 1.78. The highest BCUT2D eigenvalue weighted by atomic mass is 79.9. The number of nitro benzene ring substituents is 1. The maximum Gasteiger partial charge on any atom is 0.306 e. The van der Waals surface area contributed by atoms with E-state index in [0.717, 1.165) is 6.07 Å². The molecule has 0 aliphatic carbocycles. The van der Waals surface area contributed by atoms with Crippen LogP contribution in [0.2, 0.25) is 0 Å². The molecule has 76 valence electrons. The van der Waals surface area contributed by atoms with Crippen LogP contribution >= 0.6 is 15.9 Å². The molecule has 0 unspecified atom stereocenters. The maximum absolute atomic E-state index is 13.3. The van der Waals surface area contributed by atoms with E-state index in [-0.39, 0.29) is 11.3 Å². The largest absolute Gasteiger partial charge is 0.495 e. The van der Waals surface area contributed by atoms with Gasteiger partial charge in [0.25, 0.3) is 0 Å². The zero-order chi connectivity index (χ0) is 10.9. The van der Waals surface area contributed by atoms with Gasteiger partial charge < -0.3 is 4.74 Å². The summed E-state index contributed by atoms with van der Waals surface area (Å²) in [6.45, 7) is 1.42. The highest BCUT2D eigenvalue weighted by Gasteiger charge is 2.21. The number of hydrogen-bond donors (Lipinski definition) is 0. The van der Waals surface area contributed by atoms with Crippen molar-refractivity contribution >= 4 is 21.6 Å². The molecule has 0 saturated carbocycles. The van der Waals surface area contributed by atoms with Crippen molar-refractivity contribution in [1.29, 1.82) is 0 Å². The zero-order valence-corrected chi connectivity index (χ0v) is 9.09. The first-order valence-corrected chi connectivity index (χ1v) is 4.45. The monoisotopic (exact) mass is 263 g/mol. The van der Waals surface area contributed by atoms with Crippen LogP contribution in [0.3, 0.4) is 0 Å². The summed E-state index contributed by atoms with van der Waals surface area (Å²) in [7, 11) is 1.37. The molecule has 4 nitrogen and oxygen atoms in total. The van der Waals surface area contributed by atoms with E-state index >= 15 is 0 Å². The molecule has 0 saturated heterocycles. The van der Waals surface area contributed by atoms with Gasteiger partial charge in [0.05, 0.1) is 16.5 Å². The molecule has 0 spiro atoms. The van der Waals surface area contributed by atoms with E-state index in [1.807, 2.05) is 0 Å². The van der Waals surface area contributed by atoms with Crippen LogP contribution in [0.4, 0.5) is 10.1 Å². The van der Waals surface area contributed by atoms with Gasteiger partial charge in [-0.15, -0.1) is 0 Å². The third-order valence-corrected chi connectivity index (χ3v) is 2.36. The van der Waals surface area contributed by atoms with Gasteiger partial charge in [-0.1, -0.05) is 0 Å². The van der Waals surface area contributed by atoms with Crippen LogP contribution in [-0.4, -0.2) is 12.0 Å². The third kappa shape index (κ3) is 1.70. The molecule has 0 N–H and O–H groups in total. The number of ether oxygens (including phenoxy) is 1. The molecular formula is C8H7BrFNO3. The van der Waals surface area contributed by atoms with Crippen molar-refractivity contribution in [2.24, 2.45) is 0 Å². The first-order chi connectivity index (χ1) is 6.49. The summed E-state index contributed by atoms with van der Waals surface area (Å²) in [5, 5.41) is 10.4. The molecule has 0 bridgehead atoms. The summed E-state index contributed by atoms with van der Waals surface area (Å²) in [5.74, 6) is -0.594. The molecule has 0 aliphatic rings. The quantitative estimate of drug-likeness (QED) is 0.609. The lowest BCUT2D eigenvalue weighted by atomic mass is 10.2. The Balaban J connectivity index is 3.47. The van der Waals surface area contributed by atoms with Gasteiger partial charge >= 0.3 is 5.69 Å². The van der Waals surface area contributed by atoms with E-state index in [1.54, 1.807) is 0 Å². The summed E-state index contributed by atoms with van der Waals surface area (Å²) in [5.41, 5.74) is -0.441. The zero-order valence-electron chi connectivity index (χ0n) is 7.51. The smallest absolute Gasteiger partial charge is 0.306 e. The summed E-state index contributed by atoms with van der Waals surface area (Å²) >= 11 is 3.06. The minimum Gasteiger partial charge on any atom is -0.495 e. The fourth-order valence-corrected chi connectivity index (χ4v) is 1.78. The predicted molar refractivity (Wildman–Crippen MR) is 52.0 cm³/mol. The normalized spacial score (nSPS) is 10.0. The Morgan fingerprint density at radius 2 is 2.21 bits per heavy atom. The summed E-state index contributed by atoms with van der Waals surface area (Å²) < 4.78 is 18.6. The summed E-state index contributed by atoms with van der Waals surface area (Å²) in [6, 6.07) is 1.08. The first-order valence-electron chi connectivity index (χ1n) is 3.66. The van der Waals surface area contributed by atoms with E-state index in [1.165, 1.54) is 14.0 Å². The molecule has 14 heavy (non-hydrogen) atoms. The number of nitro groups is 1. The van der Waals surface area contributed by atoms with Crippen molar-refractivity contribution < 1.29 is 14.1 Å². The van der Waals surface area contributed by atoms with Crippen LogP contribution in [0.5, 0.6) is 5.75 Å². The van der Waals surface area contributed by atoms with Crippen molar-refractivity contribution in [3.05, 3.63) is 32.0 Å². The standard InChI is InChI=1S/C8H7BrFNO3/c1-4-7(10)6(11(12)13)3-5(9)8(4)14-2/h3H,1-2H3. The first kappa shape index (κ1) is 10.9. The second-order valence-corrected chi connectivity index (χ2v) is 3.46. The fraction of sp³-hybridized carbons (Fsp3) is 0.250. The van der Waals surface area contributed by atoms with Gasteiger partial charge in [0, 0.05) is 11.6 Å². The molecule has 1 aromatic rings. The Morgan fingerprint density at radius 1 is 1.64 bits per heavy atom. The van der Waals surface area contributed by atoms with Gasteiger partial charge in [0.2, 0.25) is 5.82 Å². The fourth-order valence-electron chi connectivity index (χ4n) is 1.10. The van der Waals surface area contributed by atoms with Crippen LogP contribution in [-0.2, 0) is 0 Å². The average Bonchev–Trinajstić information content (AvgIpc) is 2.12. The van der Waals surface area contributed by atoms with Crippen molar-refractivity contribution in [3.63, 3.8) is 0 Å². The molecule has 1 rings (SSSR count). The van der Waals surface area contributed by atoms with Crippen molar-refractivity contribution in [2.75, 3.05) is 7.11 Å². The second-order valence-electron chi connectivity index (χ2n) is 2.61. The highest BCUT2D eigenvalue weighted by molar-refractivity contribution is 9.10. The molecule has 0 atom stereocenters. The van der Waals surface area contributed by atoms with Crippen LogP contribution < -0.4 is 4.74 Å². The number of methoxy groups -OCH3 is 1. The van der Waals surface area contributed by atoms with Crippen LogP contribution in [0.15, 0.2) is 10.5 Å². The predicted octanol–water partition coefficient (Wildman–Crippen LogP) is 2.81. The molecule has 0 aliphatic heterocycles. The lowest BCUT2D eigenvalue weighted by Gasteiger charge is -2.07. The van der Waals surface area contributed by atoms with Crippen LogP contribution in [0.1, 0.15) is 5.56 Å². The molecule has 1 aromatic carbocycles. The summed E-state index contributed by atoms with van der Waals surface area (Å²) in [4.78, 5) is 9.66. The molecule has 0 amide bonds. The van der Waals surface area contributed by atoms with Crippen molar-refractivity contribution in [1.82, 2.24) is 0 Å². The minimum atomic E-state index is -0.866. The van der Waals surface area contributed by atoms with Gasteiger partial charge in [0.15, 0.2) is 0 Å². The Labute approximate surface area is 88.0 Å². The van der Waals surface area contributed by atoms with Gasteiger partial charge in [0.1, 0.15) is 5.75 Å². The number of halogens is 2. The molecule has 0 radical (unpaired) electrons. The van der Waals surface area contributed by atoms with Crippen LogP contribution in [0.25, 0.3) is 0 Å². The van der Waals surface area contributed by atoms with E-state index < -0.39 is 16.4 Å². The Morgan fingerprint density at radius 3 is 2.64 bits per heavy atom. The van der Waals surface area contributed by atoms with E-state index in [0.29, 0.717) is 4.47 Å². The lowest BCUT2D eigenvalue weighted by Crippen LogP contribution is -1.98. The van der Waals surface area contributed by atoms with E-state index in [9.17, 15) is 14.5 Å². The van der Waals surface area contributed by atoms with Gasteiger partial charge in [-0.3, -0.25) is 10.1 Å². The Bertz CT molecular complexity index is 395. The molecule has 0 heterocycles. The second kappa shape index (κ2) is 3.91. The van der Waals surface area contributed by atoms with Gasteiger partial charge in [-0.25, -0.2) is 0 Å². The molecule has 0 aromatic heterocycles. The van der Waals surface area contributed by atoms with Gasteiger partial charge in [-0.2, -0.15) is 4.39 Å². The average molecular weight is 264 g/mol. The van der Waals surface area contributed by atoms with Crippen molar-refractivity contribution in [3.8, 4) is 5.75 Å². The maximum atomic E-state index is 13.3. The SMILES string of the molecule is COc1c(Br)cc([N+](=O)[O-])c(F)c1C. The number of hydrogen-bond acceptors (Lipinski definition) is 3. The molecular weight excluding hydrogens is 257 g/mol. The van der Waals surface area contributed by atoms with Crippen molar-refractivity contribution in [2.45, 2.75) is 6.92 Å². The molecule has 0 fully saturated rings. The highest BCUT2D eigenvalue weighted by Crippen LogP contribution is 2.35. The molecule has 6 heteroatoms. The minimum absolute atomic E-state index is 0.119. The number of benzene rings is 1.